The first-order valence-corrected chi connectivity index (χ1v) is 5.61. The molecule has 0 fully saturated rings. The highest BCUT2D eigenvalue weighted by molar-refractivity contribution is 5.87. The molecule has 96 valence electrons. The van der Waals surface area contributed by atoms with E-state index in [1.165, 1.54) is 18.7 Å². The maximum atomic E-state index is 10.6. The Morgan fingerprint density at radius 1 is 1.56 bits per heavy atom. The van der Waals surface area contributed by atoms with Crippen molar-refractivity contribution in [1.82, 2.24) is 20.5 Å². The molecule has 0 spiro atoms. The summed E-state index contributed by atoms with van der Waals surface area (Å²) in [4.78, 5) is 14.6. The van der Waals surface area contributed by atoms with E-state index in [4.69, 9.17) is 9.52 Å². The van der Waals surface area contributed by atoms with Crippen LogP contribution in [0.2, 0.25) is 0 Å². The monoisotopic (exact) mass is 250 g/mol. The Morgan fingerprint density at radius 3 is 3.11 bits per heavy atom. The molecule has 7 nitrogen and oxygen atoms in total. The number of furan rings is 1. The molecule has 0 amide bonds. The highest BCUT2D eigenvalue weighted by Crippen LogP contribution is 2.07. The molecule has 18 heavy (non-hydrogen) atoms. The van der Waals surface area contributed by atoms with Crippen LogP contribution in [0.1, 0.15) is 28.4 Å². The summed E-state index contributed by atoms with van der Waals surface area (Å²) >= 11 is 0. The molecule has 7 heteroatoms. The minimum absolute atomic E-state index is 0.174. The molecule has 2 aromatic heterocycles. The fraction of sp³-hybridized carbons (Fsp3) is 0.364. The third-order valence-electron chi connectivity index (χ3n) is 2.43. The standard InChI is InChI=1S/C11H14N4O3/c16-11(17)8-4-9(18-6-8)5-12-3-1-2-10-13-7-14-15-10/h4,6-7,12H,1-3,5H2,(H,16,17)(H,13,14,15). The zero-order valence-electron chi connectivity index (χ0n) is 9.72. The lowest BCUT2D eigenvalue weighted by atomic mass is 10.3. The average Bonchev–Trinajstić information content (AvgIpc) is 2.98. The smallest absolute Gasteiger partial charge is 0.338 e. The third kappa shape index (κ3) is 3.42. The van der Waals surface area contributed by atoms with Crippen molar-refractivity contribution >= 4 is 5.97 Å². The molecular weight excluding hydrogens is 236 g/mol. The van der Waals surface area contributed by atoms with Crippen LogP contribution >= 0.6 is 0 Å². The summed E-state index contributed by atoms with van der Waals surface area (Å²) in [6, 6.07) is 1.52. The number of nitrogens with zero attached hydrogens (tertiary/aromatic N) is 2. The number of aryl methyl sites for hydroxylation is 1. The number of carbonyl (C=O) groups is 1. The van der Waals surface area contributed by atoms with Gasteiger partial charge < -0.3 is 14.8 Å². The molecule has 0 bridgehead atoms. The molecule has 0 aromatic carbocycles. The first-order valence-electron chi connectivity index (χ1n) is 5.61. The van der Waals surface area contributed by atoms with Crippen molar-refractivity contribution in [2.45, 2.75) is 19.4 Å². The Kier molecular flexibility index (Phi) is 4.08. The zero-order chi connectivity index (χ0) is 12.8. The fourth-order valence-electron chi connectivity index (χ4n) is 1.53. The normalized spacial score (nSPS) is 10.7. The van der Waals surface area contributed by atoms with Crippen molar-refractivity contribution in [2.75, 3.05) is 6.54 Å². The van der Waals surface area contributed by atoms with Gasteiger partial charge in [-0.15, -0.1) is 0 Å². The number of aromatic nitrogens is 3. The van der Waals surface area contributed by atoms with Crippen LogP contribution in [0.25, 0.3) is 0 Å². The number of carboxylic acid groups (broad SMARTS) is 1. The minimum atomic E-state index is -0.977. The maximum Gasteiger partial charge on any atom is 0.338 e. The third-order valence-corrected chi connectivity index (χ3v) is 2.43. The second-order valence-corrected chi connectivity index (χ2v) is 3.82. The highest BCUT2D eigenvalue weighted by atomic mass is 16.4. The van der Waals surface area contributed by atoms with Gasteiger partial charge in [0, 0.05) is 6.42 Å². The van der Waals surface area contributed by atoms with Gasteiger partial charge in [-0.25, -0.2) is 9.78 Å². The van der Waals surface area contributed by atoms with Gasteiger partial charge in [0.1, 0.15) is 24.2 Å². The molecule has 3 N–H and O–H groups in total. The van der Waals surface area contributed by atoms with Crippen LogP contribution in [-0.2, 0) is 13.0 Å². The van der Waals surface area contributed by atoms with Gasteiger partial charge in [-0.05, 0) is 19.0 Å². The fourth-order valence-corrected chi connectivity index (χ4v) is 1.53. The largest absolute Gasteiger partial charge is 0.478 e. The van der Waals surface area contributed by atoms with Gasteiger partial charge in [-0.2, -0.15) is 5.10 Å². The van der Waals surface area contributed by atoms with Gasteiger partial charge in [0.15, 0.2) is 0 Å². The van der Waals surface area contributed by atoms with Gasteiger partial charge in [-0.1, -0.05) is 0 Å². The molecule has 0 saturated heterocycles. The Labute approximate surface area is 103 Å². The number of nitrogens with one attached hydrogen (secondary N) is 2. The number of H-pyrrole nitrogens is 1. The van der Waals surface area contributed by atoms with E-state index < -0.39 is 5.97 Å². The van der Waals surface area contributed by atoms with Crippen LogP contribution in [0.4, 0.5) is 0 Å². The molecular formula is C11H14N4O3. The Bertz CT molecular complexity index is 492. The minimum Gasteiger partial charge on any atom is -0.478 e. The van der Waals surface area contributed by atoms with Crippen LogP contribution in [0.5, 0.6) is 0 Å². The van der Waals surface area contributed by atoms with E-state index in [0.29, 0.717) is 12.3 Å². The lowest BCUT2D eigenvalue weighted by molar-refractivity contribution is 0.0696. The molecule has 0 atom stereocenters. The topological polar surface area (TPSA) is 104 Å². The molecule has 2 heterocycles. The molecule has 2 aromatic rings. The average molecular weight is 250 g/mol. The lowest BCUT2D eigenvalue weighted by Crippen LogP contribution is -2.15. The first-order chi connectivity index (χ1) is 8.75. The zero-order valence-corrected chi connectivity index (χ0v) is 9.72. The van der Waals surface area contributed by atoms with Gasteiger partial charge in [0.2, 0.25) is 0 Å². The Balaban J connectivity index is 1.64. The Morgan fingerprint density at radius 2 is 2.44 bits per heavy atom. The van der Waals surface area contributed by atoms with Gasteiger partial charge in [-0.3, -0.25) is 5.10 Å². The summed E-state index contributed by atoms with van der Waals surface area (Å²) in [5.41, 5.74) is 0.174. The van der Waals surface area contributed by atoms with Crippen LogP contribution < -0.4 is 5.32 Å². The summed E-state index contributed by atoms with van der Waals surface area (Å²) in [7, 11) is 0. The van der Waals surface area contributed by atoms with Crippen LogP contribution in [0, 0.1) is 0 Å². The second kappa shape index (κ2) is 5.97. The highest BCUT2D eigenvalue weighted by Gasteiger charge is 2.07. The predicted octanol–water partition coefficient (Wildman–Crippen LogP) is 0.818. The van der Waals surface area contributed by atoms with Crippen molar-refractivity contribution in [3.05, 3.63) is 35.8 Å². The summed E-state index contributed by atoms with van der Waals surface area (Å²) < 4.78 is 5.11. The lowest BCUT2D eigenvalue weighted by Gasteiger charge is -2.00. The van der Waals surface area contributed by atoms with E-state index in [2.05, 4.69) is 20.5 Å². The van der Waals surface area contributed by atoms with Crippen molar-refractivity contribution < 1.29 is 14.3 Å². The summed E-state index contributed by atoms with van der Waals surface area (Å²) in [5.74, 6) is 0.505. The number of aromatic carboxylic acids is 1. The predicted molar refractivity (Wildman–Crippen MR) is 62.1 cm³/mol. The summed E-state index contributed by atoms with van der Waals surface area (Å²) in [6.45, 7) is 1.31. The van der Waals surface area contributed by atoms with Crippen LogP contribution in [0.3, 0.4) is 0 Å². The molecule has 0 aliphatic rings. The number of hydrogen-bond donors (Lipinski definition) is 3. The number of carboxylic acids is 1. The summed E-state index contributed by atoms with van der Waals surface area (Å²) in [5, 5.41) is 18.4. The quantitative estimate of drug-likeness (QED) is 0.628. The number of rotatable bonds is 7. The van der Waals surface area contributed by atoms with E-state index in [0.717, 1.165) is 25.2 Å². The Hall–Kier alpha value is -2.15. The summed E-state index contributed by atoms with van der Waals surface area (Å²) in [6.07, 6.45) is 4.47. The SMILES string of the molecule is O=C(O)c1coc(CNCCCc2ncn[nH]2)c1. The maximum absolute atomic E-state index is 10.6. The van der Waals surface area contributed by atoms with E-state index in [1.807, 2.05) is 0 Å². The molecule has 0 aliphatic carbocycles. The van der Waals surface area contributed by atoms with Gasteiger partial charge in [0.05, 0.1) is 12.1 Å². The van der Waals surface area contributed by atoms with Crippen molar-refractivity contribution in [3.63, 3.8) is 0 Å². The van der Waals surface area contributed by atoms with Crippen molar-refractivity contribution in [1.29, 1.82) is 0 Å². The van der Waals surface area contributed by atoms with E-state index in [-0.39, 0.29) is 5.56 Å². The van der Waals surface area contributed by atoms with Crippen molar-refractivity contribution in [2.24, 2.45) is 0 Å². The number of hydrogen-bond acceptors (Lipinski definition) is 5. The van der Waals surface area contributed by atoms with E-state index >= 15 is 0 Å². The molecule has 0 unspecified atom stereocenters. The van der Waals surface area contributed by atoms with Gasteiger partial charge >= 0.3 is 5.97 Å². The second-order valence-electron chi connectivity index (χ2n) is 3.82. The van der Waals surface area contributed by atoms with Crippen LogP contribution in [0.15, 0.2) is 23.1 Å². The van der Waals surface area contributed by atoms with Gasteiger partial charge in [0.25, 0.3) is 0 Å². The molecule has 0 radical (unpaired) electrons. The number of aromatic amines is 1. The van der Waals surface area contributed by atoms with E-state index in [1.54, 1.807) is 0 Å². The molecule has 0 saturated carbocycles. The first kappa shape index (κ1) is 12.3. The molecule has 2 rings (SSSR count). The van der Waals surface area contributed by atoms with E-state index in [9.17, 15) is 4.79 Å². The van der Waals surface area contributed by atoms with Crippen LogP contribution in [-0.4, -0.2) is 32.8 Å². The molecule has 0 aliphatic heterocycles. The van der Waals surface area contributed by atoms with Crippen molar-refractivity contribution in [3.8, 4) is 0 Å².